The van der Waals surface area contributed by atoms with Gasteiger partial charge in [0.05, 0.1) is 9.35 Å². The molecule has 1 aliphatic rings. The summed E-state index contributed by atoms with van der Waals surface area (Å²) >= 11 is 0. The van der Waals surface area contributed by atoms with Crippen LogP contribution in [0, 0.1) is 5.92 Å². The minimum absolute atomic E-state index is 0.0403. The number of carbonyl (C=O) groups is 1. The highest BCUT2D eigenvalue weighted by Gasteiger charge is 2.56. The van der Waals surface area contributed by atoms with Crippen LogP contribution in [0.2, 0.25) is 0 Å². The molecule has 232 valence electrons. The number of halogens is 1. The highest BCUT2D eigenvalue weighted by Crippen LogP contribution is 2.48. The number of esters is 1. The zero-order valence-corrected chi connectivity index (χ0v) is 24.7. The van der Waals surface area contributed by atoms with Crippen LogP contribution in [0.4, 0.5) is 4.39 Å². The maximum absolute atomic E-state index is 15.8. The van der Waals surface area contributed by atoms with Gasteiger partial charge in [-0.1, -0.05) is 62.4 Å². The zero-order chi connectivity index (χ0) is 32.9. The fourth-order valence-corrected chi connectivity index (χ4v) is 5.93. The van der Waals surface area contributed by atoms with E-state index in [4.69, 9.17) is 21.3 Å². The lowest BCUT2D eigenvalue weighted by molar-refractivity contribution is -0.147. The lowest BCUT2D eigenvalue weighted by atomic mass is 9.98. The van der Waals surface area contributed by atoms with E-state index in [9.17, 15) is 24.1 Å². The summed E-state index contributed by atoms with van der Waals surface area (Å²) in [6.07, 6.45) is -6.27. The Morgan fingerprint density at radius 3 is 2.51 bits per heavy atom. The number of H-pyrrole nitrogens is 1. The molecular formula is C29H35FN3O9P. The SMILES string of the molecule is [2H]c1c([2H])n([C@@H]2O[C@H](COP(=O)(NC(CC(C)C)C(=O)OCc3ccccc3)Oc3ccccc3)[C@@H](O)[C@@]2(C)F)c(=O)[nH]c1=O. The Hall–Kier alpha value is -3.61. The van der Waals surface area contributed by atoms with E-state index < -0.39 is 73.9 Å². The number of hydrogen-bond acceptors (Lipinski definition) is 9. The number of carbonyl (C=O) groups excluding carboxylic acids is 1. The average Bonchev–Trinajstić information content (AvgIpc) is 3.21. The van der Waals surface area contributed by atoms with Crippen LogP contribution >= 0.6 is 7.75 Å². The van der Waals surface area contributed by atoms with Gasteiger partial charge >= 0.3 is 19.4 Å². The molecule has 2 heterocycles. The molecule has 43 heavy (non-hydrogen) atoms. The first kappa shape index (κ1) is 29.5. The van der Waals surface area contributed by atoms with E-state index in [1.807, 2.05) is 24.9 Å². The van der Waals surface area contributed by atoms with Crippen LogP contribution in [0.3, 0.4) is 0 Å². The van der Waals surface area contributed by atoms with Crippen molar-refractivity contribution in [2.24, 2.45) is 5.92 Å². The molecule has 1 aromatic heterocycles. The van der Waals surface area contributed by atoms with Gasteiger partial charge in [0, 0.05) is 12.2 Å². The fourth-order valence-electron chi connectivity index (χ4n) is 4.42. The Bertz CT molecular complexity index is 1640. The fraction of sp³-hybridized carbons (Fsp3) is 0.414. The number of aromatic nitrogens is 2. The van der Waals surface area contributed by atoms with Crippen molar-refractivity contribution < 1.29 is 40.1 Å². The number of aliphatic hydroxyl groups is 1. The van der Waals surface area contributed by atoms with Gasteiger partial charge in [0.1, 0.15) is 30.6 Å². The van der Waals surface area contributed by atoms with Crippen LogP contribution in [-0.4, -0.2) is 51.2 Å². The second kappa shape index (κ2) is 13.8. The summed E-state index contributed by atoms with van der Waals surface area (Å²) in [5, 5.41) is 13.4. The Morgan fingerprint density at radius 1 is 1.21 bits per heavy atom. The number of aliphatic hydroxyl groups excluding tert-OH is 1. The van der Waals surface area contributed by atoms with E-state index >= 15 is 4.39 Å². The van der Waals surface area contributed by atoms with Crippen molar-refractivity contribution in [1.82, 2.24) is 14.6 Å². The standard InChI is InChI=1S/C29H35FN3O9P/c1-19(2)16-22(26(36)39-17-20-10-6-4-7-11-20)32-43(38,42-21-12-8-5-9-13-21)40-18-23-25(35)29(3,30)27(41-23)33-15-14-24(34)31-28(33)37/h4-15,19,22-23,25,27,35H,16-18H2,1-3H3,(H,32,38)(H,31,34,37)/t22?,23-,25-,27-,29-,43?/m1/s1/i14D,15D. The molecule has 0 radical (unpaired) electrons. The predicted octanol–water partition coefficient (Wildman–Crippen LogP) is 3.47. The van der Waals surface area contributed by atoms with Crippen LogP contribution in [0.1, 0.15) is 41.7 Å². The van der Waals surface area contributed by atoms with Crippen LogP contribution in [0.15, 0.2) is 82.5 Å². The molecular weight excluding hydrogens is 584 g/mol. The number of ether oxygens (including phenoxy) is 2. The second-order valence-electron chi connectivity index (χ2n) is 10.6. The van der Waals surface area contributed by atoms with Crippen molar-refractivity contribution in [2.75, 3.05) is 6.61 Å². The van der Waals surface area contributed by atoms with E-state index in [0.29, 0.717) is 4.57 Å². The molecule has 6 atom stereocenters. The number of aromatic amines is 1. The lowest BCUT2D eigenvalue weighted by Gasteiger charge is -2.27. The maximum Gasteiger partial charge on any atom is 0.459 e. The third-order valence-corrected chi connectivity index (χ3v) is 8.16. The first-order chi connectivity index (χ1) is 21.2. The minimum Gasteiger partial charge on any atom is -0.460 e. The molecule has 0 bridgehead atoms. The first-order valence-corrected chi connectivity index (χ1v) is 15.1. The summed E-state index contributed by atoms with van der Waals surface area (Å²) in [6, 6.07) is 14.8. The molecule has 0 spiro atoms. The van der Waals surface area contributed by atoms with Gasteiger partial charge in [-0.3, -0.25) is 23.7 Å². The molecule has 3 aromatic rings. The van der Waals surface area contributed by atoms with Gasteiger partial charge in [0.25, 0.3) is 5.56 Å². The summed E-state index contributed by atoms with van der Waals surface area (Å²) in [4.78, 5) is 39.2. The molecule has 0 saturated carbocycles. The van der Waals surface area contributed by atoms with Gasteiger partial charge in [0.2, 0.25) is 0 Å². The van der Waals surface area contributed by atoms with Crippen molar-refractivity contribution in [2.45, 2.75) is 63.9 Å². The molecule has 0 amide bonds. The molecule has 1 aliphatic heterocycles. The molecule has 0 aliphatic carbocycles. The van der Waals surface area contributed by atoms with Gasteiger partial charge in [-0.2, -0.15) is 5.09 Å². The number of alkyl halides is 1. The van der Waals surface area contributed by atoms with Crippen molar-refractivity contribution in [3.63, 3.8) is 0 Å². The first-order valence-electron chi connectivity index (χ1n) is 14.5. The predicted molar refractivity (Wildman–Crippen MR) is 154 cm³/mol. The quantitative estimate of drug-likeness (QED) is 0.191. The third-order valence-electron chi connectivity index (χ3n) is 6.59. The number of nitrogens with one attached hydrogen (secondary N) is 2. The van der Waals surface area contributed by atoms with Gasteiger partial charge in [-0.25, -0.2) is 13.8 Å². The minimum atomic E-state index is -4.50. The summed E-state index contributed by atoms with van der Waals surface area (Å²) in [7, 11) is -4.50. The van der Waals surface area contributed by atoms with Gasteiger partial charge < -0.3 is 19.1 Å². The van der Waals surface area contributed by atoms with E-state index in [0.717, 1.165) is 12.5 Å². The summed E-state index contributed by atoms with van der Waals surface area (Å²) in [6.45, 7) is 3.79. The molecule has 12 nitrogen and oxygen atoms in total. The normalized spacial score (nSPS) is 24.6. The smallest absolute Gasteiger partial charge is 0.459 e. The topological polar surface area (TPSA) is 158 Å². The summed E-state index contributed by atoms with van der Waals surface area (Å²) in [5.74, 6) is -0.688. The second-order valence-corrected chi connectivity index (χ2v) is 12.3. The van der Waals surface area contributed by atoms with E-state index in [-0.39, 0.29) is 24.7 Å². The Balaban J connectivity index is 1.57. The molecule has 3 N–H and O–H groups in total. The molecule has 14 heteroatoms. The van der Waals surface area contributed by atoms with Crippen molar-refractivity contribution in [1.29, 1.82) is 0 Å². The summed E-state index contributed by atoms with van der Waals surface area (Å²) in [5.41, 5.74) is -4.37. The maximum atomic E-state index is 15.8. The van der Waals surface area contributed by atoms with Crippen molar-refractivity contribution in [3.05, 3.63) is 99.3 Å². The highest BCUT2D eigenvalue weighted by atomic mass is 31.2. The third kappa shape index (κ3) is 8.27. The lowest BCUT2D eigenvalue weighted by Crippen LogP contribution is -2.44. The zero-order valence-electron chi connectivity index (χ0n) is 25.8. The average molecular weight is 622 g/mol. The Kier molecular flexibility index (Phi) is 9.45. The molecule has 2 unspecified atom stereocenters. The Morgan fingerprint density at radius 2 is 1.86 bits per heavy atom. The molecule has 4 rings (SSSR count). The monoisotopic (exact) mass is 621 g/mol. The number of hydrogen-bond donors (Lipinski definition) is 3. The van der Waals surface area contributed by atoms with Gasteiger partial charge in [0.15, 0.2) is 11.9 Å². The van der Waals surface area contributed by atoms with Gasteiger partial charge in [-0.05, 0) is 37.0 Å². The number of para-hydroxylation sites is 1. The number of rotatable bonds is 13. The summed E-state index contributed by atoms with van der Waals surface area (Å²) < 4.78 is 68.5. The van der Waals surface area contributed by atoms with Crippen molar-refractivity contribution >= 4 is 13.7 Å². The van der Waals surface area contributed by atoms with Crippen molar-refractivity contribution in [3.8, 4) is 5.75 Å². The van der Waals surface area contributed by atoms with E-state index in [1.54, 1.807) is 42.5 Å². The number of benzene rings is 2. The van der Waals surface area contributed by atoms with Crippen LogP contribution in [0.5, 0.6) is 5.75 Å². The largest absolute Gasteiger partial charge is 0.460 e. The number of nitrogens with zero attached hydrogens (tertiary/aromatic N) is 1. The van der Waals surface area contributed by atoms with Crippen LogP contribution in [0.25, 0.3) is 0 Å². The van der Waals surface area contributed by atoms with E-state index in [2.05, 4.69) is 5.09 Å². The van der Waals surface area contributed by atoms with Gasteiger partial charge in [-0.15, -0.1) is 0 Å². The van der Waals surface area contributed by atoms with Crippen LogP contribution < -0.4 is 20.9 Å². The highest BCUT2D eigenvalue weighted by molar-refractivity contribution is 7.52. The van der Waals surface area contributed by atoms with Crippen LogP contribution in [-0.2, 0) is 30.0 Å². The molecule has 2 aromatic carbocycles. The van der Waals surface area contributed by atoms with E-state index in [1.165, 1.54) is 12.1 Å². The molecule has 1 saturated heterocycles. The molecule has 1 fully saturated rings. The Labute approximate surface area is 250 Å².